The van der Waals surface area contributed by atoms with E-state index >= 15 is 0 Å². The number of halogens is 1. The predicted octanol–water partition coefficient (Wildman–Crippen LogP) is 2.77. The third-order valence-corrected chi connectivity index (χ3v) is 4.90. The first-order valence-electron chi connectivity index (χ1n) is 7.22. The molecule has 3 heteroatoms. The van der Waals surface area contributed by atoms with Gasteiger partial charge < -0.3 is 5.32 Å². The van der Waals surface area contributed by atoms with Gasteiger partial charge >= 0.3 is 0 Å². The van der Waals surface area contributed by atoms with Crippen LogP contribution in [0.3, 0.4) is 0 Å². The number of hydrogen-bond donors (Lipinski definition) is 1. The lowest BCUT2D eigenvalue weighted by Gasteiger charge is -2.34. The first kappa shape index (κ1) is 14.8. The fourth-order valence-corrected chi connectivity index (χ4v) is 3.48. The summed E-state index contributed by atoms with van der Waals surface area (Å²) in [7, 11) is 0. The van der Waals surface area contributed by atoms with Crippen molar-refractivity contribution < 1.29 is 0 Å². The summed E-state index contributed by atoms with van der Waals surface area (Å²) in [4.78, 5) is 2.65. The van der Waals surface area contributed by atoms with Crippen LogP contribution < -0.4 is 5.32 Å². The molecule has 19 heavy (non-hydrogen) atoms. The van der Waals surface area contributed by atoms with Gasteiger partial charge in [-0.05, 0) is 68.4 Å². The van der Waals surface area contributed by atoms with Gasteiger partial charge in [0.05, 0.1) is 0 Å². The molecule has 1 aromatic carbocycles. The van der Waals surface area contributed by atoms with Crippen LogP contribution in [0.1, 0.15) is 23.1 Å². The third kappa shape index (κ3) is 3.13. The smallest absolute Gasteiger partial charge is 0.0236 e. The summed E-state index contributed by atoms with van der Waals surface area (Å²) in [5, 5.41) is 3.54. The van der Waals surface area contributed by atoms with E-state index in [2.05, 4.69) is 42.3 Å². The second kappa shape index (κ2) is 6.25. The minimum absolute atomic E-state index is 0. The van der Waals surface area contributed by atoms with Gasteiger partial charge in [-0.15, -0.1) is 12.4 Å². The fraction of sp³-hybridized carbons (Fsp3) is 0.625. The van der Waals surface area contributed by atoms with Crippen LogP contribution >= 0.6 is 12.4 Å². The van der Waals surface area contributed by atoms with E-state index in [1.54, 1.807) is 0 Å². The van der Waals surface area contributed by atoms with Crippen LogP contribution in [0.4, 0.5) is 0 Å². The number of fused-ring (bicyclic) bond motifs is 1. The van der Waals surface area contributed by atoms with Crippen LogP contribution in [0.15, 0.2) is 18.2 Å². The van der Waals surface area contributed by atoms with Gasteiger partial charge in [-0.1, -0.05) is 18.2 Å². The Morgan fingerprint density at radius 3 is 2.84 bits per heavy atom. The number of rotatable bonds is 2. The van der Waals surface area contributed by atoms with Crippen molar-refractivity contribution in [3.05, 3.63) is 34.9 Å². The zero-order valence-corrected chi connectivity index (χ0v) is 12.8. The molecule has 0 aromatic heterocycles. The first-order valence-corrected chi connectivity index (χ1v) is 7.22. The second-order valence-corrected chi connectivity index (χ2v) is 6.06. The van der Waals surface area contributed by atoms with Crippen molar-refractivity contribution in [1.82, 2.24) is 10.2 Å². The summed E-state index contributed by atoms with van der Waals surface area (Å²) in [6.45, 7) is 10.6. The largest absolute Gasteiger partial charge is 0.316 e. The van der Waals surface area contributed by atoms with E-state index in [4.69, 9.17) is 0 Å². The molecule has 2 fully saturated rings. The van der Waals surface area contributed by atoms with E-state index in [9.17, 15) is 0 Å². The second-order valence-electron chi connectivity index (χ2n) is 6.06. The standard InChI is InChI=1S/C16H24N2.ClH/c1-12-4-3-5-15(13(12)2)10-18-7-6-14-8-17-9-16(14)11-18;/h3-5,14,16-17H,6-11H2,1-2H3;1H. The molecule has 2 saturated heterocycles. The molecule has 2 aliphatic rings. The normalized spacial score (nSPS) is 26.8. The highest BCUT2D eigenvalue weighted by Gasteiger charge is 2.32. The summed E-state index contributed by atoms with van der Waals surface area (Å²) in [6.07, 6.45) is 1.38. The van der Waals surface area contributed by atoms with E-state index < -0.39 is 0 Å². The lowest BCUT2D eigenvalue weighted by Crippen LogP contribution is -2.39. The van der Waals surface area contributed by atoms with E-state index in [0.717, 1.165) is 18.4 Å². The highest BCUT2D eigenvalue weighted by molar-refractivity contribution is 5.85. The third-order valence-electron chi connectivity index (χ3n) is 4.90. The number of nitrogens with one attached hydrogen (secondary N) is 1. The Labute approximate surface area is 123 Å². The van der Waals surface area contributed by atoms with Crippen molar-refractivity contribution in [3.63, 3.8) is 0 Å². The molecule has 1 N–H and O–H groups in total. The summed E-state index contributed by atoms with van der Waals surface area (Å²) >= 11 is 0. The quantitative estimate of drug-likeness (QED) is 0.896. The number of piperidine rings is 1. The molecular weight excluding hydrogens is 256 g/mol. The molecule has 0 radical (unpaired) electrons. The topological polar surface area (TPSA) is 15.3 Å². The van der Waals surface area contributed by atoms with Crippen LogP contribution in [0.2, 0.25) is 0 Å². The molecule has 2 atom stereocenters. The molecule has 0 bridgehead atoms. The number of nitrogens with zero attached hydrogens (tertiary/aromatic N) is 1. The Hall–Kier alpha value is -0.570. The monoisotopic (exact) mass is 280 g/mol. The average Bonchev–Trinajstić information content (AvgIpc) is 2.82. The fourth-order valence-electron chi connectivity index (χ4n) is 3.48. The zero-order chi connectivity index (χ0) is 12.5. The maximum atomic E-state index is 3.54. The maximum Gasteiger partial charge on any atom is 0.0236 e. The van der Waals surface area contributed by atoms with Gasteiger partial charge in [-0.3, -0.25) is 4.90 Å². The van der Waals surface area contributed by atoms with Crippen molar-refractivity contribution >= 4 is 12.4 Å². The molecule has 0 spiro atoms. The first-order chi connectivity index (χ1) is 8.74. The van der Waals surface area contributed by atoms with Crippen molar-refractivity contribution in [3.8, 4) is 0 Å². The lowest BCUT2D eigenvalue weighted by molar-refractivity contribution is 0.142. The molecular formula is C16H25ClN2. The highest BCUT2D eigenvalue weighted by Crippen LogP contribution is 2.27. The van der Waals surface area contributed by atoms with Crippen molar-refractivity contribution in [1.29, 1.82) is 0 Å². The Bertz CT molecular complexity index is 433. The van der Waals surface area contributed by atoms with Gasteiger partial charge in [-0.2, -0.15) is 0 Å². The Balaban J connectivity index is 0.00000133. The molecule has 2 heterocycles. The van der Waals surface area contributed by atoms with Gasteiger partial charge in [0.2, 0.25) is 0 Å². The van der Waals surface area contributed by atoms with Crippen LogP contribution in [0.25, 0.3) is 0 Å². The summed E-state index contributed by atoms with van der Waals surface area (Å²) in [6, 6.07) is 6.70. The van der Waals surface area contributed by atoms with Crippen molar-refractivity contribution in [2.24, 2.45) is 11.8 Å². The van der Waals surface area contributed by atoms with Crippen LogP contribution in [-0.4, -0.2) is 31.1 Å². The van der Waals surface area contributed by atoms with E-state index in [1.807, 2.05) is 0 Å². The number of likely N-dealkylation sites (tertiary alicyclic amines) is 1. The van der Waals surface area contributed by atoms with E-state index in [0.29, 0.717) is 0 Å². The summed E-state index contributed by atoms with van der Waals surface area (Å²) < 4.78 is 0. The Kier molecular flexibility index (Phi) is 4.88. The molecule has 0 saturated carbocycles. The van der Waals surface area contributed by atoms with Gasteiger partial charge in [0.15, 0.2) is 0 Å². The zero-order valence-electron chi connectivity index (χ0n) is 12.0. The van der Waals surface area contributed by atoms with E-state index in [-0.39, 0.29) is 12.4 Å². The molecule has 0 amide bonds. The molecule has 1 aromatic rings. The molecule has 2 nitrogen and oxygen atoms in total. The van der Waals surface area contributed by atoms with Crippen LogP contribution in [0.5, 0.6) is 0 Å². The number of hydrogen-bond acceptors (Lipinski definition) is 2. The van der Waals surface area contributed by atoms with Gasteiger partial charge in [0.1, 0.15) is 0 Å². The van der Waals surface area contributed by atoms with Crippen LogP contribution in [0, 0.1) is 25.7 Å². The number of benzene rings is 1. The molecule has 2 aliphatic heterocycles. The Morgan fingerprint density at radius 2 is 2.00 bits per heavy atom. The SMILES string of the molecule is Cc1cccc(CN2CCC3CNCC3C2)c1C.Cl. The molecule has 106 valence electrons. The van der Waals surface area contributed by atoms with Gasteiger partial charge in [0, 0.05) is 13.1 Å². The summed E-state index contributed by atoms with van der Waals surface area (Å²) in [5.74, 6) is 1.84. The van der Waals surface area contributed by atoms with E-state index in [1.165, 1.54) is 49.3 Å². The molecule has 3 rings (SSSR count). The van der Waals surface area contributed by atoms with Crippen molar-refractivity contribution in [2.75, 3.05) is 26.2 Å². The molecule has 0 aliphatic carbocycles. The Morgan fingerprint density at radius 1 is 1.21 bits per heavy atom. The van der Waals surface area contributed by atoms with Gasteiger partial charge in [0.25, 0.3) is 0 Å². The van der Waals surface area contributed by atoms with Crippen LogP contribution in [-0.2, 0) is 6.54 Å². The maximum absolute atomic E-state index is 3.54. The predicted molar refractivity (Wildman–Crippen MR) is 82.9 cm³/mol. The highest BCUT2D eigenvalue weighted by atomic mass is 35.5. The minimum Gasteiger partial charge on any atom is -0.316 e. The minimum atomic E-state index is 0. The van der Waals surface area contributed by atoms with Gasteiger partial charge in [-0.25, -0.2) is 0 Å². The molecule has 2 unspecified atom stereocenters. The lowest BCUT2D eigenvalue weighted by atomic mass is 9.88. The average molecular weight is 281 g/mol. The van der Waals surface area contributed by atoms with Crippen molar-refractivity contribution in [2.45, 2.75) is 26.8 Å². The summed E-state index contributed by atoms with van der Waals surface area (Å²) in [5.41, 5.74) is 4.41. The number of aryl methyl sites for hydroxylation is 1.